The van der Waals surface area contributed by atoms with Crippen LogP contribution >= 0.6 is 0 Å². The standard InChI is InChI=1S/C17H23F2N3/c18-17(19)9-8-12(10-17)11-21-16(20)22-15-7-3-5-13-4-1-2-6-14(13)15/h3,5,7,12H,1-2,4,6,8-11H2,(H3,20,21,22). The van der Waals surface area contributed by atoms with Gasteiger partial charge >= 0.3 is 0 Å². The molecule has 1 aromatic carbocycles. The van der Waals surface area contributed by atoms with Gasteiger partial charge < -0.3 is 11.1 Å². The molecule has 1 saturated carbocycles. The van der Waals surface area contributed by atoms with Gasteiger partial charge in [-0.3, -0.25) is 4.99 Å². The summed E-state index contributed by atoms with van der Waals surface area (Å²) in [6.07, 6.45) is 5.04. The molecule has 3 rings (SSSR count). The number of hydrogen-bond donors (Lipinski definition) is 2. The van der Waals surface area contributed by atoms with Crippen LogP contribution in [0.15, 0.2) is 23.2 Å². The van der Waals surface area contributed by atoms with Gasteiger partial charge in [-0.25, -0.2) is 8.78 Å². The lowest BCUT2D eigenvalue weighted by atomic mass is 9.90. The maximum Gasteiger partial charge on any atom is 0.248 e. The number of aliphatic imine (C=N–C) groups is 1. The average Bonchev–Trinajstić information content (AvgIpc) is 2.85. The van der Waals surface area contributed by atoms with Crippen molar-refractivity contribution < 1.29 is 8.78 Å². The number of nitrogens with zero attached hydrogens (tertiary/aromatic N) is 1. The highest BCUT2D eigenvalue weighted by Gasteiger charge is 2.39. The van der Waals surface area contributed by atoms with E-state index in [0.29, 0.717) is 18.9 Å². The van der Waals surface area contributed by atoms with Gasteiger partial charge in [0.15, 0.2) is 5.96 Å². The summed E-state index contributed by atoms with van der Waals surface area (Å²) in [7, 11) is 0. The number of benzene rings is 1. The summed E-state index contributed by atoms with van der Waals surface area (Å²) in [5, 5.41) is 3.15. The van der Waals surface area contributed by atoms with Crippen LogP contribution in [0.5, 0.6) is 0 Å². The van der Waals surface area contributed by atoms with Gasteiger partial charge in [-0.15, -0.1) is 0 Å². The van der Waals surface area contributed by atoms with E-state index in [0.717, 1.165) is 18.5 Å². The number of fused-ring (bicyclic) bond motifs is 1. The molecule has 3 N–H and O–H groups in total. The second-order valence-corrected chi connectivity index (χ2v) is 6.47. The monoisotopic (exact) mass is 307 g/mol. The number of nitrogens with two attached hydrogens (primary N) is 1. The fourth-order valence-electron chi connectivity index (χ4n) is 3.50. The number of hydrogen-bond acceptors (Lipinski definition) is 1. The van der Waals surface area contributed by atoms with Crippen molar-refractivity contribution in [2.24, 2.45) is 16.6 Å². The van der Waals surface area contributed by atoms with Gasteiger partial charge in [0.2, 0.25) is 5.92 Å². The Hall–Kier alpha value is -1.65. The normalized spacial score (nSPS) is 24.1. The molecule has 0 spiro atoms. The second-order valence-electron chi connectivity index (χ2n) is 6.47. The minimum atomic E-state index is -2.51. The summed E-state index contributed by atoms with van der Waals surface area (Å²) in [4.78, 5) is 4.27. The summed E-state index contributed by atoms with van der Waals surface area (Å²) in [5.74, 6) is -2.24. The average molecular weight is 307 g/mol. The van der Waals surface area contributed by atoms with Crippen molar-refractivity contribution in [1.29, 1.82) is 0 Å². The third-order valence-electron chi connectivity index (χ3n) is 4.68. The molecule has 0 aromatic heterocycles. The number of nitrogens with one attached hydrogen (secondary N) is 1. The Bertz CT molecular complexity index is 569. The summed E-state index contributed by atoms with van der Waals surface area (Å²) in [6, 6.07) is 6.20. The molecular weight excluding hydrogens is 284 g/mol. The minimum Gasteiger partial charge on any atom is -0.370 e. The van der Waals surface area contributed by atoms with Gasteiger partial charge in [-0.1, -0.05) is 12.1 Å². The zero-order chi connectivity index (χ0) is 15.6. The SMILES string of the molecule is NC(=NCC1CCC(F)(F)C1)Nc1cccc2c1CCCC2. The van der Waals surface area contributed by atoms with E-state index in [4.69, 9.17) is 5.73 Å². The summed E-state index contributed by atoms with van der Waals surface area (Å²) in [6.45, 7) is 0.378. The van der Waals surface area contributed by atoms with E-state index in [-0.39, 0.29) is 18.8 Å². The Kier molecular flexibility index (Phi) is 4.32. The molecule has 0 radical (unpaired) electrons. The van der Waals surface area contributed by atoms with Crippen molar-refractivity contribution in [3.8, 4) is 0 Å². The number of alkyl halides is 2. The zero-order valence-corrected chi connectivity index (χ0v) is 12.7. The highest BCUT2D eigenvalue weighted by molar-refractivity contribution is 5.93. The van der Waals surface area contributed by atoms with Crippen molar-refractivity contribution in [3.05, 3.63) is 29.3 Å². The predicted octanol–water partition coefficient (Wildman–Crippen LogP) is 3.73. The molecule has 5 heteroatoms. The van der Waals surface area contributed by atoms with Crippen LogP contribution in [0.3, 0.4) is 0 Å². The quantitative estimate of drug-likeness (QED) is 0.660. The van der Waals surface area contributed by atoms with Gasteiger partial charge in [0.25, 0.3) is 0 Å². The van der Waals surface area contributed by atoms with Crippen LogP contribution in [0, 0.1) is 5.92 Å². The predicted molar refractivity (Wildman–Crippen MR) is 85.5 cm³/mol. The third-order valence-corrected chi connectivity index (χ3v) is 4.68. The first-order chi connectivity index (χ1) is 10.5. The molecule has 3 nitrogen and oxygen atoms in total. The van der Waals surface area contributed by atoms with Crippen LogP contribution in [0.4, 0.5) is 14.5 Å². The molecule has 0 heterocycles. The molecule has 2 aliphatic rings. The smallest absolute Gasteiger partial charge is 0.248 e. The van der Waals surface area contributed by atoms with Crippen LogP contribution in [-0.4, -0.2) is 18.4 Å². The van der Waals surface area contributed by atoms with Gasteiger partial charge in [0.1, 0.15) is 0 Å². The summed E-state index contributed by atoms with van der Waals surface area (Å²) in [5.41, 5.74) is 9.64. The Labute approximate surface area is 130 Å². The largest absolute Gasteiger partial charge is 0.370 e. The molecule has 0 amide bonds. The van der Waals surface area contributed by atoms with Crippen LogP contribution in [-0.2, 0) is 12.8 Å². The lowest BCUT2D eigenvalue weighted by Gasteiger charge is -2.20. The summed E-state index contributed by atoms with van der Waals surface area (Å²) < 4.78 is 26.3. The fourth-order valence-corrected chi connectivity index (χ4v) is 3.50. The summed E-state index contributed by atoms with van der Waals surface area (Å²) >= 11 is 0. The number of rotatable bonds is 3. The number of guanidine groups is 1. The topological polar surface area (TPSA) is 50.4 Å². The Morgan fingerprint density at radius 1 is 1.32 bits per heavy atom. The Balaban J connectivity index is 1.62. The van der Waals surface area contributed by atoms with Crippen molar-refractivity contribution in [2.75, 3.05) is 11.9 Å². The molecule has 0 bridgehead atoms. The molecule has 0 aliphatic heterocycles. The van der Waals surface area contributed by atoms with Crippen LogP contribution in [0.1, 0.15) is 43.2 Å². The number of aryl methyl sites for hydroxylation is 1. The molecular formula is C17H23F2N3. The van der Waals surface area contributed by atoms with Crippen LogP contribution in [0.2, 0.25) is 0 Å². The van der Waals surface area contributed by atoms with E-state index >= 15 is 0 Å². The molecule has 2 aliphatic carbocycles. The van der Waals surface area contributed by atoms with E-state index in [1.54, 1.807) is 0 Å². The van der Waals surface area contributed by atoms with Gasteiger partial charge in [0, 0.05) is 25.1 Å². The first-order valence-corrected chi connectivity index (χ1v) is 8.09. The Morgan fingerprint density at radius 2 is 2.14 bits per heavy atom. The zero-order valence-electron chi connectivity index (χ0n) is 12.7. The lowest BCUT2D eigenvalue weighted by Crippen LogP contribution is -2.25. The molecule has 1 aromatic rings. The number of anilines is 1. The molecule has 1 unspecified atom stereocenters. The van der Waals surface area contributed by atoms with E-state index in [1.807, 2.05) is 12.1 Å². The van der Waals surface area contributed by atoms with E-state index in [1.165, 1.54) is 24.0 Å². The van der Waals surface area contributed by atoms with Crippen LogP contribution < -0.4 is 11.1 Å². The second kappa shape index (κ2) is 6.23. The van der Waals surface area contributed by atoms with E-state index < -0.39 is 5.92 Å². The van der Waals surface area contributed by atoms with E-state index in [9.17, 15) is 8.78 Å². The third kappa shape index (κ3) is 3.57. The number of halogens is 2. The molecule has 120 valence electrons. The van der Waals surface area contributed by atoms with Crippen molar-refractivity contribution in [2.45, 2.75) is 50.9 Å². The molecule has 1 atom stereocenters. The Morgan fingerprint density at radius 3 is 2.91 bits per heavy atom. The highest BCUT2D eigenvalue weighted by Crippen LogP contribution is 2.38. The maximum absolute atomic E-state index is 13.2. The lowest BCUT2D eigenvalue weighted by molar-refractivity contribution is 0.00542. The van der Waals surface area contributed by atoms with Crippen molar-refractivity contribution >= 4 is 11.6 Å². The van der Waals surface area contributed by atoms with Crippen molar-refractivity contribution in [1.82, 2.24) is 0 Å². The molecule has 1 fully saturated rings. The van der Waals surface area contributed by atoms with E-state index in [2.05, 4.69) is 16.4 Å². The van der Waals surface area contributed by atoms with Gasteiger partial charge in [-0.05, 0) is 55.2 Å². The minimum absolute atomic E-state index is 0.0211. The highest BCUT2D eigenvalue weighted by atomic mass is 19.3. The fraction of sp³-hybridized carbons (Fsp3) is 0.588. The molecule has 0 saturated heterocycles. The first-order valence-electron chi connectivity index (χ1n) is 8.09. The molecule has 22 heavy (non-hydrogen) atoms. The van der Waals surface area contributed by atoms with Gasteiger partial charge in [0.05, 0.1) is 0 Å². The first kappa shape index (κ1) is 15.3. The van der Waals surface area contributed by atoms with Crippen LogP contribution in [0.25, 0.3) is 0 Å². The van der Waals surface area contributed by atoms with Crippen molar-refractivity contribution in [3.63, 3.8) is 0 Å². The maximum atomic E-state index is 13.2. The van der Waals surface area contributed by atoms with Gasteiger partial charge in [-0.2, -0.15) is 0 Å².